The van der Waals surface area contributed by atoms with Crippen molar-refractivity contribution in [3.8, 4) is 11.5 Å². The number of ether oxygens (including phenoxy) is 1. The van der Waals surface area contributed by atoms with E-state index in [1.807, 2.05) is 13.0 Å². The molecule has 0 bridgehead atoms. The number of methoxy groups -OCH3 is 1. The van der Waals surface area contributed by atoms with Crippen LogP contribution in [0.25, 0.3) is 0 Å². The summed E-state index contributed by atoms with van der Waals surface area (Å²) in [4.78, 5) is 2.33. The molecule has 1 saturated heterocycles. The molecule has 3 N–H and O–H groups in total. The van der Waals surface area contributed by atoms with Gasteiger partial charge in [-0.1, -0.05) is 6.92 Å². The van der Waals surface area contributed by atoms with Gasteiger partial charge in [-0.25, -0.2) is 0 Å². The van der Waals surface area contributed by atoms with Crippen LogP contribution in [0, 0.1) is 5.92 Å². The normalized spacial score (nSPS) is 19.5. The van der Waals surface area contributed by atoms with E-state index in [1.165, 1.54) is 12.8 Å². The first-order valence-electron chi connectivity index (χ1n) is 8.50. The lowest BCUT2D eigenvalue weighted by molar-refractivity contribution is 0.0891. The average molecular weight is 322 g/mol. The predicted octanol–water partition coefficient (Wildman–Crippen LogP) is 2.14. The van der Waals surface area contributed by atoms with Crippen LogP contribution in [0.5, 0.6) is 11.5 Å². The number of phenolic OH excluding ortho intramolecular Hbond substituents is 1. The Hall–Kier alpha value is -1.30. The number of aromatic hydroxyl groups is 1. The van der Waals surface area contributed by atoms with Crippen molar-refractivity contribution in [2.24, 2.45) is 5.92 Å². The number of piperidine rings is 1. The number of hydrogen-bond donors (Lipinski definition) is 3. The molecule has 1 heterocycles. The maximum absolute atomic E-state index is 10.2. The van der Waals surface area contributed by atoms with Crippen LogP contribution in [0.2, 0.25) is 0 Å². The highest BCUT2D eigenvalue weighted by Gasteiger charge is 2.19. The van der Waals surface area contributed by atoms with Gasteiger partial charge >= 0.3 is 0 Å². The van der Waals surface area contributed by atoms with Crippen molar-refractivity contribution in [2.45, 2.75) is 38.8 Å². The summed E-state index contributed by atoms with van der Waals surface area (Å²) < 4.78 is 5.20. The minimum Gasteiger partial charge on any atom is -0.508 e. The maximum atomic E-state index is 10.2. The van der Waals surface area contributed by atoms with Crippen LogP contribution in [-0.2, 0) is 0 Å². The van der Waals surface area contributed by atoms with Gasteiger partial charge in [0.25, 0.3) is 0 Å². The van der Waals surface area contributed by atoms with Crippen molar-refractivity contribution >= 4 is 0 Å². The molecule has 23 heavy (non-hydrogen) atoms. The lowest BCUT2D eigenvalue weighted by Crippen LogP contribution is -2.42. The predicted molar refractivity (Wildman–Crippen MR) is 91.9 cm³/mol. The molecule has 0 aromatic heterocycles. The molecule has 0 aliphatic carbocycles. The first-order valence-corrected chi connectivity index (χ1v) is 8.50. The second-order valence-electron chi connectivity index (χ2n) is 6.69. The second-order valence-corrected chi connectivity index (χ2v) is 6.69. The molecule has 0 radical (unpaired) electrons. The average Bonchev–Trinajstić information content (AvgIpc) is 2.55. The first kappa shape index (κ1) is 18.0. The van der Waals surface area contributed by atoms with Crippen molar-refractivity contribution in [2.75, 3.05) is 33.3 Å². The highest BCUT2D eigenvalue weighted by atomic mass is 16.5. The number of phenols is 1. The van der Waals surface area contributed by atoms with Crippen LogP contribution < -0.4 is 10.1 Å². The number of benzene rings is 1. The highest BCUT2D eigenvalue weighted by Crippen LogP contribution is 2.28. The number of β-amino-alcohol motifs (C(OH)–C–C–N with tert-alkyl or cyclic N) is 1. The lowest BCUT2D eigenvalue weighted by atomic mass is 9.99. The molecule has 1 aromatic carbocycles. The molecule has 1 aromatic rings. The van der Waals surface area contributed by atoms with Gasteiger partial charge in [0.05, 0.1) is 13.2 Å². The van der Waals surface area contributed by atoms with E-state index in [0.29, 0.717) is 13.1 Å². The Labute approximate surface area is 139 Å². The van der Waals surface area contributed by atoms with Crippen LogP contribution in [0.1, 0.15) is 38.3 Å². The Kier molecular flexibility index (Phi) is 6.69. The van der Waals surface area contributed by atoms with Crippen molar-refractivity contribution in [3.63, 3.8) is 0 Å². The van der Waals surface area contributed by atoms with Crippen LogP contribution >= 0.6 is 0 Å². The summed E-state index contributed by atoms with van der Waals surface area (Å²) in [6.45, 7) is 7.62. The summed E-state index contributed by atoms with van der Waals surface area (Å²) >= 11 is 0. The minimum atomic E-state index is -0.404. The zero-order valence-electron chi connectivity index (χ0n) is 14.5. The Morgan fingerprint density at radius 2 is 2.04 bits per heavy atom. The molecule has 1 fully saturated rings. The molecule has 5 nitrogen and oxygen atoms in total. The molecule has 5 heteroatoms. The lowest BCUT2D eigenvalue weighted by Gasteiger charge is -2.32. The maximum Gasteiger partial charge on any atom is 0.120 e. The fourth-order valence-electron chi connectivity index (χ4n) is 3.04. The van der Waals surface area contributed by atoms with E-state index in [0.717, 1.165) is 30.3 Å². The monoisotopic (exact) mass is 322 g/mol. The van der Waals surface area contributed by atoms with E-state index in [1.54, 1.807) is 19.2 Å². The van der Waals surface area contributed by atoms with Crippen LogP contribution in [-0.4, -0.2) is 54.5 Å². The third-order valence-electron chi connectivity index (χ3n) is 4.71. The molecule has 2 atom stereocenters. The smallest absolute Gasteiger partial charge is 0.120 e. The quantitative estimate of drug-likeness (QED) is 0.718. The Balaban J connectivity index is 1.80. The topological polar surface area (TPSA) is 65.0 Å². The SMILES string of the molecule is COc1ccc(O)c(C(C)NCC(O)CN2CCC(C)CC2)c1. The van der Waals surface area contributed by atoms with Crippen molar-refractivity contribution in [3.05, 3.63) is 23.8 Å². The van der Waals surface area contributed by atoms with Crippen LogP contribution in [0.4, 0.5) is 0 Å². The summed E-state index contributed by atoms with van der Waals surface area (Å²) in [7, 11) is 1.61. The van der Waals surface area contributed by atoms with Gasteiger partial charge in [0.2, 0.25) is 0 Å². The van der Waals surface area contributed by atoms with Gasteiger partial charge in [-0.2, -0.15) is 0 Å². The Morgan fingerprint density at radius 1 is 1.35 bits per heavy atom. The Morgan fingerprint density at radius 3 is 2.70 bits per heavy atom. The third kappa shape index (κ3) is 5.37. The summed E-state index contributed by atoms with van der Waals surface area (Å²) in [5.41, 5.74) is 0.781. The summed E-state index contributed by atoms with van der Waals surface area (Å²) in [5, 5.41) is 23.5. The van der Waals surface area contributed by atoms with E-state index in [2.05, 4.69) is 17.1 Å². The van der Waals surface area contributed by atoms with Crippen molar-refractivity contribution < 1.29 is 14.9 Å². The number of rotatable bonds is 7. The zero-order chi connectivity index (χ0) is 16.8. The molecule has 0 spiro atoms. The third-order valence-corrected chi connectivity index (χ3v) is 4.71. The molecule has 2 unspecified atom stereocenters. The number of aliphatic hydroxyl groups is 1. The number of likely N-dealkylation sites (tertiary alicyclic amines) is 1. The minimum absolute atomic E-state index is 0.0545. The molecule has 2 rings (SSSR count). The van der Waals surface area contributed by atoms with E-state index < -0.39 is 6.10 Å². The molecular formula is C18H30N2O3. The summed E-state index contributed by atoms with van der Waals surface area (Å²) in [5.74, 6) is 1.76. The van der Waals surface area contributed by atoms with Crippen LogP contribution in [0.15, 0.2) is 18.2 Å². The molecule has 0 saturated carbocycles. The molecule has 1 aliphatic heterocycles. The molecule has 1 aliphatic rings. The van der Waals surface area contributed by atoms with E-state index in [9.17, 15) is 10.2 Å². The standard InChI is InChI=1S/C18H30N2O3/c1-13-6-8-20(9-7-13)12-15(21)11-19-14(2)17-10-16(23-3)4-5-18(17)22/h4-5,10,13-15,19,21-22H,6-9,11-12H2,1-3H3. The molecule has 0 amide bonds. The van der Waals surface area contributed by atoms with E-state index >= 15 is 0 Å². The summed E-state index contributed by atoms with van der Waals surface area (Å²) in [6, 6.07) is 5.14. The van der Waals surface area contributed by atoms with Crippen molar-refractivity contribution in [1.82, 2.24) is 10.2 Å². The summed E-state index contributed by atoms with van der Waals surface area (Å²) in [6.07, 6.45) is 2.03. The number of nitrogens with one attached hydrogen (secondary N) is 1. The van der Waals surface area contributed by atoms with Crippen LogP contribution in [0.3, 0.4) is 0 Å². The fraction of sp³-hybridized carbons (Fsp3) is 0.667. The number of hydrogen-bond acceptors (Lipinski definition) is 5. The van der Waals surface area contributed by atoms with Gasteiger partial charge in [-0.05, 0) is 57.0 Å². The highest BCUT2D eigenvalue weighted by molar-refractivity contribution is 5.41. The zero-order valence-corrected chi connectivity index (χ0v) is 14.5. The molecule has 130 valence electrons. The van der Waals surface area contributed by atoms with Gasteiger partial charge < -0.3 is 25.2 Å². The van der Waals surface area contributed by atoms with Gasteiger partial charge in [0.1, 0.15) is 11.5 Å². The van der Waals surface area contributed by atoms with Gasteiger partial charge in [-0.3, -0.25) is 0 Å². The fourth-order valence-corrected chi connectivity index (χ4v) is 3.04. The Bertz CT molecular complexity index is 487. The van der Waals surface area contributed by atoms with Crippen molar-refractivity contribution in [1.29, 1.82) is 0 Å². The first-order chi connectivity index (χ1) is 11.0. The molecular weight excluding hydrogens is 292 g/mol. The number of aliphatic hydroxyl groups excluding tert-OH is 1. The van der Waals surface area contributed by atoms with Gasteiger partial charge in [0, 0.05) is 24.7 Å². The second kappa shape index (κ2) is 8.52. The number of nitrogens with zero attached hydrogens (tertiary/aromatic N) is 1. The largest absolute Gasteiger partial charge is 0.508 e. The van der Waals surface area contributed by atoms with E-state index in [-0.39, 0.29) is 11.8 Å². The van der Waals surface area contributed by atoms with E-state index in [4.69, 9.17) is 4.74 Å². The van der Waals surface area contributed by atoms with Gasteiger partial charge in [-0.15, -0.1) is 0 Å². The van der Waals surface area contributed by atoms with Gasteiger partial charge in [0.15, 0.2) is 0 Å².